The number of rotatable bonds is 1. The lowest BCUT2D eigenvalue weighted by Gasteiger charge is -2.30. The van der Waals surface area contributed by atoms with Crippen LogP contribution in [-0.4, -0.2) is 4.90 Å². The molecule has 0 fully saturated rings. The Bertz CT molecular complexity index is 775. The van der Waals surface area contributed by atoms with Crippen LogP contribution in [-0.2, 0) is 0 Å². The Labute approximate surface area is 121 Å². The maximum atomic E-state index is 9.50. The summed E-state index contributed by atoms with van der Waals surface area (Å²) in [5.74, 6) is 0. The molecule has 0 atom stereocenters. The zero-order valence-corrected chi connectivity index (χ0v) is 11.3. The highest BCUT2D eigenvalue weighted by Crippen LogP contribution is 2.38. The minimum absolute atomic E-state index is 0.628. The smallest absolute Gasteiger partial charge is 0.102 e. The zero-order valence-electron chi connectivity index (χ0n) is 10.4. The third-order valence-corrected chi connectivity index (χ3v) is 3.97. The van der Waals surface area contributed by atoms with Crippen molar-refractivity contribution in [2.75, 3.05) is 0 Å². The van der Waals surface area contributed by atoms with E-state index < -0.39 is 0 Å². The SMILES string of the molecule is N#C/C=C1/C=C(c2cccs2)C(C#N)=C2C=CC=CN21. The molecule has 0 unspecified atom stereocenters. The molecule has 3 rings (SSSR count). The number of nitrogens with zero attached hydrogens (tertiary/aromatic N) is 3. The van der Waals surface area contributed by atoms with Crippen LogP contribution in [0.1, 0.15) is 4.88 Å². The van der Waals surface area contributed by atoms with Crippen LogP contribution >= 0.6 is 11.3 Å². The molecule has 0 spiro atoms. The van der Waals surface area contributed by atoms with Crippen LogP contribution in [0.5, 0.6) is 0 Å². The molecule has 0 N–H and O–H groups in total. The first-order valence-corrected chi connectivity index (χ1v) is 6.87. The Morgan fingerprint density at radius 2 is 2.15 bits per heavy atom. The Hall–Kier alpha value is -2.82. The molecule has 0 saturated carbocycles. The summed E-state index contributed by atoms with van der Waals surface area (Å²) in [5.41, 5.74) is 3.08. The summed E-state index contributed by atoms with van der Waals surface area (Å²) >= 11 is 1.58. The Morgan fingerprint density at radius 3 is 2.85 bits per heavy atom. The van der Waals surface area contributed by atoms with Crippen molar-refractivity contribution in [3.8, 4) is 12.1 Å². The molecule has 20 heavy (non-hydrogen) atoms. The van der Waals surface area contributed by atoms with E-state index in [2.05, 4.69) is 12.1 Å². The molecule has 0 saturated heterocycles. The molecule has 0 bridgehead atoms. The molecule has 0 radical (unpaired) electrons. The average molecular weight is 275 g/mol. The molecule has 2 aliphatic rings. The summed E-state index contributed by atoms with van der Waals surface area (Å²) in [6.07, 6.45) is 10.9. The van der Waals surface area contributed by atoms with Gasteiger partial charge in [0.1, 0.15) is 6.07 Å². The third-order valence-electron chi connectivity index (χ3n) is 3.07. The molecule has 94 valence electrons. The normalized spacial score (nSPS) is 18.6. The second-order valence-electron chi connectivity index (χ2n) is 4.18. The van der Waals surface area contributed by atoms with Crippen molar-refractivity contribution in [1.82, 2.24) is 4.90 Å². The van der Waals surface area contributed by atoms with Crippen molar-refractivity contribution in [3.05, 3.63) is 75.9 Å². The van der Waals surface area contributed by atoms with Crippen molar-refractivity contribution in [2.45, 2.75) is 0 Å². The van der Waals surface area contributed by atoms with Crippen molar-refractivity contribution < 1.29 is 0 Å². The molecule has 1 aromatic rings. The number of nitriles is 2. The molecule has 0 aromatic carbocycles. The van der Waals surface area contributed by atoms with Gasteiger partial charge in [0.15, 0.2) is 0 Å². The van der Waals surface area contributed by atoms with E-state index in [0.29, 0.717) is 5.57 Å². The lowest BCUT2D eigenvalue weighted by atomic mass is 9.96. The van der Waals surface area contributed by atoms with Crippen LogP contribution < -0.4 is 0 Å². The number of allylic oxidation sites excluding steroid dienone is 7. The van der Waals surface area contributed by atoms with Crippen molar-refractivity contribution in [3.63, 3.8) is 0 Å². The van der Waals surface area contributed by atoms with Gasteiger partial charge in [-0.3, -0.25) is 0 Å². The van der Waals surface area contributed by atoms with Gasteiger partial charge in [0.05, 0.1) is 23.0 Å². The van der Waals surface area contributed by atoms with Gasteiger partial charge in [0, 0.05) is 22.7 Å². The molecule has 3 nitrogen and oxygen atoms in total. The lowest BCUT2D eigenvalue weighted by molar-refractivity contribution is 0.600. The Morgan fingerprint density at radius 1 is 1.25 bits per heavy atom. The quantitative estimate of drug-likeness (QED) is 0.734. The van der Waals surface area contributed by atoms with E-state index in [1.165, 1.54) is 6.08 Å². The van der Waals surface area contributed by atoms with Gasteiger partial charge in [-0.15, -0.1) is 11.3 Å². The van der Waals surface area contributed by atoms with Gasteiger partial charge < -0.3 is 4.90 Å². The number of hydrogen-bond acceptors (Lipinski definition) is 4. The fraction of sp³-hybridized carbons (Fsp3) is 0. The standard InChI is InChI=1S/C16H9N3S/c17-7-6-12-10-13(16-5-3-9-20-16)14(11-18)15-4-1-2-8-19(12)15/h1-6,8-10H/b12-6-. The average Bonchev–Trinajstić information content (AvgIpc) is 3.01. The van der Waals surface area contributed by atoms with E-state index in [1.807, 2.05) is 52.9 Å². The van der Waals surface area contributed by atoms with Crippen molar-refractivity contribution in [1.29, 1.82) is 10.5 Å². The summed E-state index contributed by atoms with van der Waals surface area (Å²) < 4.78 is 0. The molecule has 0 aliphatic carbocycles. The van der Waals surface area contributed by atoms with E-state index in [4.69, 9.17) is 5.26 Å². The summed E-state index contributed by atoms with van der Waals surface area (Å²) in [7, 11) is 0. The van der Waals surface area contributed by atoms with Crippen LogP contribution in [0.15, 0.2) is 71.1 Å². The maximum Gasteiger partial charge on any atom is 0.102 e. The number of hydrogen-bond donors (Lipinski definition) is 0. The fourth-order valence-corrected chi connectivity index (χ4v) is 2.97. The van der Waals surface area contributed by atoms with Crippen molar-refractivity contribution >= 4 is 16.9 Å². The predicted octanol–water partition coefficient (Wildman–Crippen LogP) is 3.72. The lowest BCUT2D eigenvalue weighted by Crippen LogP contribution is -2.21. The minimum atomic E-state index is 0.628. The van der Waals surface area contributed by atoms with Gasteiger partial charge in [0.2, 0.25) is 0 Å². The fourth-order valence-electron chi connectivity index (χ4n) is 2.22. The minimum Gasteiger partial charge on any atom is -0.315 e. The summed E-state index contributed by atoms with van der Waals surface area (Å²) in [4.78, 5) is 2.89. The van der Waals surface area contributed by atoms with Crippen LogP contribution in [0, 0.1) is 22.7 Å². The van der Waals surface area contributed by atoms with Gasteiger partial charge in [-0.05, 0) is 29.7 Å². The topological polar surface area (TPSA) is 50.8 Å². The molecule has 0 amide bonds. The molecule has 3 heterocycles. The molecule has 1 aromatic heterocycles. The van der Waals surface area contributed by atoms with Gasteiger partial charge in [-0.25, -0.2) is 0 Å². The summed E-state index contributed by atoms with van der Waals surface area (Å²) in [5, 5.41) is 20.4. The van der Waals surface area contributed by atoms with Gasteiger partial charge in [-0.2, -0.15) is 10.5 Å². The zero-order chi connectivity index (χ0) is 13.9. The summed E-state index contributed by atoms with van der Waals surface area (Å²) in [6.45, 7) is 0. The summed E-state index contributed by atoms with van der Waals surface area (Å²) in [6, 6.07) is 8.28. The molecular weight excluding hydrogens is 266 g/mol. The first-order valence-electron chi connectivity index (χ1n) is 5.99. The monoisotopic (exact) mass is 275 g/mol. The first kappa shape index (κ1) is 12.2. The highest BCUT2D eigenvalue weighted by Gasteiger charge is 2.25. The maximum absolute atomic E-state index is 9.50. The largest absolute Gasteiger partial charge is 0.315 e. The van der Waals surface area contributed by atoms with Crippen LogP contribution in [0.3, 0.4) is 0 Å². The Kier molecular flexibility index (Phi) is 3.09. The van der Waals surface area contributed by atoms with Crippen LogP contribution in [0.25, 0.3) is 5.57 Å². The van der Waals surface area contributed by atoms with Crippen LogP contribution in [0.2, 0.25) is 0 Å². The second kappa shape index (κ2) is 5.05. The van der Waals surface area contributed by atoms with E-state index in [0.717, 1.165) is 21.8 Å². The second-order valence-corrected chi connectivity index (χ2v) is 5.12. The van der Waals surface area contributed by atoms with E-state index in [1.54, 1.807) is 11.3 Å². The van der Waals surface area contributed by atoms with Gasteiger partial charge in [-0.1, -0.05) is 12.1 Å². The van der Waals surface area contributed by atoms with E-state index >= 15 is 0 Å². The predicted molar refractivity (Wildman–Crippen MR) is 78.8 cm³/mol. The number of thiophene rings is 1. The van der Waals surface area contributed by atoms with Crippen LogP contribution in [0.4, 0.5) is 0 Å². The number of fused-ring (bicyclic) bond motifs is 1. The Balaban J connectivity index is 2.24. The van der Waals surface area contributed by atoms with Crippen molar-refractivity contribution in [2.24, 2.45) is 0 Å². The highest BCUT2D eigenvalue weighted by molar-refractivity contribution is 7.11. The first-order chi connectivity index (χ1) is 9.85. The highest BCUT2D eigenvalue weighted by atomic mass is 32.1. The van der Waals surface area contributed by atoms with E-state index in [-0.39, 0.29) is 0 Å². The molecule has 4 heteroatoms. The molecule has 2 aliphatic heterocycles. The van der Waals surface area contributed by atoms with Gasteiger partial charge >= 0.3 is 0 Å². The van der Waals surface area contributed by atoms with E-state index in [9.17, 15) is 5.26 Å². The molecular formula is C16H9N3S. The third kappa shape index (κ3) is 1.89. The van der Waals surface area contributed by atoms with Gasteiger partial charge in [0.25, 0.3) is 0 Å².